The molecular formula is C21H22N4O2S. The van der Waals surface area contributed by atoms with E-state index >= 15 is 0 Å². The van der Waals surface area contributed by atoms with Crippen molar-refractivity contribution in [1.82, 2.24) is 4.98 Å². The number of hydrogen-bond donors (Lipinski definition) is 3. The summed E-state index contributed by atoms with van der Waals surface area (Å²) >= 11 is 1.20. The molecule has 0 fully saturated rings. The number of nitrogens with zero attached hydrogens (tertiary/aromatic N) is 1. The average molecular weight is 395 g/mol. The Morgan fingerprint density at radius 3 is 2.14 bits per heavy atom. The highest BCUT2D eigenvalue weighted by molar-refractivity contribution is 7.14. The van der Waals surface area contributed by atoms with Gasteiger partial charge >= 0.3 is 6.03 Å². The van der Waals surface area contributed by atoms with Crippen LogP contribution in [0.5, 0.6) is 0 Å². The third-order valence-corrected chi connectivity index (χ3v) is 4.94. The molecule has 0 aliphatic heterocycles. The molecule has 0 bridgehead atoms. The molecule has 0 aliphatic rings. The summed E-state index contributed by atoms with van der Waals surface area (Å²) in [5, 5.41) is 10.3. The first-order chi connectivity index (χ1) is 13.3. The van der Waals surface area contributed by atoms with Crippen molar-refractivity contribution in [2.24, 2.45) is 0 Å². The van der Waals surface area contributed by atoms with Crippen molar-refractivity contribution in [2.45, 2.75) is 27.7 Å². The molecule has 144 valence electrons. The summed E-state index contributed by atoms with van der Waals surface area (Å²) in [5.74, 6) is -0.307. The van der Waals surface area contributed by atoms with Crippen LogP contribution < -0.4 is 16.0 Å². The van der Waals surface area contributed by atoms with Crippen LogP contribution in [0.15, 0.2) is 41.8 Å². The average Bonchev–Trinajstić information content (AvgIpc) is 3.08. The molecule has 0 saturated heterocycles. The van der Waals surface area contributed by atoms with Crippen molar-refractivity contribution in [3.63, 3.8) is 0 Å². The summed E-state index contributed by atoms with van der Waals surface area (Å²) < 4.78 is 0. The second-order valence-electron chi connectivity index (χ2n) is 6.71. The van der Waals surface area contributed by atoms with Crippen LogP contribution in [-0.2, 0) is 0 Å². The predicted molar refractivity (Wildman–Crippen MR) is 115 cm³/mol. The van der Waals surface area contributed by atoms with Gasteiger partial charge in [-0.1, -0.05) is 35.4 Å². The molecule has 3 amide bonds. The molecule has 7 heteroatoms. The predicted octanol–water partition coefficient (Wildman–Crippen LogP) is 5.27. The Kier molecular flexibility index (Phi) is 5.75. The lowest BCUT2D eigenvalue weighted by molar-refractivity contribution is 0.102. The van der Waals surface area contributed by atoms with Gasteiger partial charge in [-0.2, -0.15) is 0 Å². The second-order valence-corrected chi connectivity index (χ2v) is 7.57. The van der Waals surface area contributed by atoms with E-state index in [0.717, 1.165) is 27.9 Å². The molecule has 0 atom stereocenters. The van der Waals surface area contributed by atoms with Gasteiger partial charge in [-0.3, -0.25) is 10.1 Å². The fourth-order valence-electron chi connectivity index (χ4n) is 2.89. The lowest BCUT2D eigenvalue weighted by Crippen LogP contribution is -2.19. The van der Waals surface area contributed by atoms with Crippen LogP contribution in [-0.4, -0.2) is 16.9 Å². The van der Waals surface area contributed by atoms with E-state index in [9.17, 15) is 9.59 Å². The van der Waals surface area contributed by atoms with Gasteiger partial charge in [-0.25, -0.2) is 9.78 Å². The maximum atomic E-state index is 12.5. The van der Waals surface area contributed by atoms with Crippen molar-refractivity contribution in [2.75, 3.05) is 16.0 Å². The molecule has 0 spiro atoms. The van der Waals surface area contributed by atoms with Gasteiger partial charge in [-0.05, 0) is 51.0 Å². The van der Waals surface area contributed by atoms with Gasteiger partial charge in [0.2, 0.25) is 0 Å². The number of amides is 3. The SMILES string of the molecule is Cc1ccc(NC(=O)Nc2nc(C(=O)Nc3c(C)cc(C)cc3C)cs2)cc1. The topological polar surface area (TPSA) is 83.1 Å². The van der Waals surface area contributed by atoms with Crippen LogP contribution in [0.1, 0.15) is 32.7 Å². The van der Waals surface area contributed by atoms with Crippen molar-refractivity contribution in [3.05, 3.63) is 69.7 Å². The summed E-state index contributed by atoms with van der Waals surface area (Å²) in [7, 11) is 0. The minimum absolute atomic E-state index is 0.259. The number of aryl methyl sites for hydroxylation is 4. The molecule has 0 unspecified atom stereocenters. The van der Waals surface area contributed by atoms with Crippen LogP contribution in [0.2, 0.25) is 0 Å². The first-order valence-electron chi connectivity index (χ1n) is 8.81. The first kappa shape index (κ1) is 19.6. The van der Waals surface area contributed by atoms with E-state index in [1.165, 1.54) is 11.3 Å². The largest absolute Gasteiger partial charge is 0.325 e. The normalized spacial score (nSPS) is 10.4. The van der Waals surface area contributed by atoms with Gasteiger partial charge in [-0.15, -0.1) is 11.3 Å². The highest BCUT2D eigenvalue weighted by atomic mass is 32.1. The van der Waals surface area contributed by atoms with Crippen molar-refractivity contribution >= 4 is 39.8 Å². The Labute approximate surface area is 168 Å². The number of nitrogens with one attached hydrogen (secondary N) is 3. The van der Waals surface area contributed by atoms with Gasteiger partial charge in [0.25, 0.3) is 5.91 Å². The van der Waals surface area contributed by atoms with Crippen LogP contribution >= 0.6 is 11.3 Å². The maximum Gasteiger partial charge on any atom is 0.325 e. The number of anilines is 3. The smallest absolute Gasteiger partial charge is 0.320 e. The molecule has 2 aromatic carbocycles. The van der Waals surface area contributed by atoms with Crippen LogP contribution in [0.3, 0.4) is 0 Å². The number of hydrogen-bond acceptors (Lipinski definition) is 4. The van der Waals surface area contributed by atoms with E-state index in [1.54, 1.807) is 5.38 Å². The number of carbonyl (C=O) groups is 2. The Balaban J connectivity index is 1.64. The molecule has 1 heterocycles. The first-order valence-corrected chi connectivity index (χ1v) is 9.69. The monoisotopic (exact) mass is 394 g/mol. The number of thiazole rings is 1. The zero-order valence-electron chi connectivity index (χ0n) is 16.2. The summed E-state index contributed by atoms with van der Waals surface area (Å²) in [4.78, 5) is 28.8. The zero-order valence-corrected chi connectivity index (χ0v) is 17.0. The molecule has 3 aromatic rings. The van der Waals surface area contributed by atoms with Gasteiger partial charge in [0.15, 0.2) is 5.13 Å². The van der Waals surface area contributed by atoms with E-state index in [4.69, 9.17) is 0 Å². The van der Waals surface area contributed by atoms with Crippen molar-refractivity contribution in [3.8, 4) is 0 Å². The van der Waals surface area contributed by atoms with Crippen molar-refractivity contribution < 1.29 is 9.59 Å². The zero-order chi connectivity index (χ0) is 20.3. The lowest BCUT2D eigenvalue weighted by Gasteiger charge is -2.11. The number of benzene rings is 2. The number of urea groups is 1. The summed E-state index contributed by atoms with van der Waals surface area (Å²) in [6.45, 7) is 7.91. The van der Waals surface area contributed by atoms with Crippen LogP contribution in [0.4, 0.5) is 21.3 Å². The highest BCUT2D eigenvalue weighted by Crippen LogP contribution is 2.23. The van der Waals surface area contributed by atoms with E-state index in [1.807, 2.05) is 64.1 Å². The Bertz CT molecular complexity index is 1000. The minimum atomic E-state index is -0.407. The standard InChI is InChI=1S/C21H22N4O2S/c1-12-5-7-16(8-6-12)22-20(27)25-21-23-17(11-28-21)19(26)24-18-14(3)9-13(2)10-15(18)4/h5-11H,1-4H3,(H,24,26)(H2,22,23,25,27). The van der Waals surface area contributed by atoms with E-state index in [-0.39, 0.29) is 11.6 Å². The minimum Gasteiger partial charge on any atom is -0.320 e. The molecule has 0 saturated carbocycles. The number of aromatic nitrogens is 1. The fourth-order valence-corrected chi connectivity index (χ4v) is 3.57. The van der Waals surface area contributed by atoms with Gasteiger partial charge < -0.3 is 10.6 Å². The summed E-state index contributed by atoms with van der Waals surface area (Å²) in [6.07, 6.45) is 0. The molecule has 3 rings (SSSR count). The Morgan fingerprint density at radius 2 is 1.50 bits per heavy atom. The van der Waals surface area contributed by atoms with Crippen LogP contribution in [0.25, 0.3) is 0 Å². The maximum absolute atomic E-state index is 12.5. The lowest BCUT2D eigenvalue weighted by atomic mass is 10.1. The van der Waals surface area contributed by atoms with E-state index in [2.05, 4.69) is 20.9 Å². The van der Waals surface area contributed by atoms with E-state index in [0.29, 0.717) is 10.8 Å². The second kappa shape index (κ2) is 8.22. The molecule has 0 radical (unpaired) electrons. The van der Waals surface area contributed by atoms with E-state index < -0.39 is 6.03 Å². The van der Waals surface area contributed by atoms with Crippen molar-refractivity contribution in [1.29, 1.82) is 0 Å². The highest BCUT2D eigenvalue weighted by Gasteiger charge is 2.15. The third kappa shape index (κ3) is 4.75. The Hall–Kier alpha value is -3.19. The molecule has 1 aromatic heterocycles. The number of carbonyl (C=O) groups excluding carboxylic acids is 2. The van der Waals surface area contributed by atoms with Gasteiger partial charge in [0.05, 0.1) is 0 Å². The van der Waals surface area contributed by atoms with Gasteiger partial charge in [0, 0.05) is 16.8 Å². The quantitative estimate of drug-likeness (QED) is 0.563. The molecule has 6 nitrogen and oxygen atoms in total. The Morgan fingerprint density at radius 1 is 0.857 bits per heavy atom. The van der Waals surface area contributed by atoms with Gasteiger partial charge in [0.1, 0.15) is 5.69 Å². The summed E-state index contributed by atoms with van der Waals surface area (Å²) in [6, 6.07) is 11.1. The fraction of sp³-hybridized carbons (Fsp3) is 0.190. The van der Waals surface area contributed by atoms with Crippen LogP contribution in [0, 0.1) is 27.7 Å². The molecule has 0 aliphatic carbocycles. The molecular weight excluding hydrogens is 372 g/mol. The summed E-state index contributed by atoms with van der Waals surface area (Å²) in [5.41, 5.74) is 5.98. The molecule has 3 N–H and O–H groups in total. The third-order valence-electron chi connectivity index (χ3n) is 4.18. The number of rotatable bonds is 4. The molecule has 28 heavy (non-hydrogen) atoms.